The van der Waals surface area contributed by atoms with Gasteiger partial charge in [-0.2, -0.15) is 0 Å². The molecule has 4 nitrogen and oxygen atoms in total. The number of aromatic amines is 1. The zero-order valence-corrected chi connectivity index (χ0v) is 11.1. The maximum Gasteiger partial charge on any atom is 0.271 e. The monoisotopic (exact) mass is 275 g/mol. The summed E-state index contributed by atoms with van der Waals surface area (Å²) in [6.45, 7) is 0.871. The highest BCUT2D eigenvalue weighted by molar-refractivity contribution is 6.32. The largest absolute Gasteiger partial charge is 0.348 e. The Kier molecular flexibility index (Phi) is 3.25. The van der Waals surface area contributed by atoms with Gasteiger partial charge in [0.1, 0.15) is 5.02 Å². The Balaban J connectivity index is 2.00. The molecule has 1 aliphatic rings. The van der Waals surface area contributed by atoms with E-state index in [0.29, 0.717) is 5.82 Å². The molecule has 1 atom stereocenters. The molecule has 1 saturated heterocycles. The summed E-state index contributed by atoms with van der Waals surface area (Å²) in [5, 5.41) is 0.172. The predicted molar refractivity (Wildman–Crippen MR) is 75.6 cm³/mol. The summed E-state index contributed by atoms with van der Waals surface area (Å²) in [5.74, 6) is 0.580. The SMILES string of the molecule is O=c1[nH]cnc(N2CCCC2c2ccccc2)c1Cl. The summed E-state index contributed by atoms with van der Waals surface area (Å²) in [7, 11) is 0. The first-order valence-corrected chi connectivity index (χ1v) is 6.70. The number of hydrogen-bond donors (Lipinski definition) is 1. The van der Waals surface area contributed by atoms with Gasteiger partial charge in [-0.25, -0.2) is 4.98 Å². The molecule has 1 N–H and O–H groups in total. The van der Waals surface area contributed by atoms with Gasteiger partial charge < -0.3 is 9.88 Å². The molecule has 1 aromatic carbocycles. The lowest BCUT2D eigenvalue weighted by Crippen LogP contribution is -2.26. The summed E-state index contributed by atoms with van der Waals surface area (Å²) in [4.78, 5) is 20.4. The fraction of sp³-hybridized carbons (Fsp3) is 0.286. The first-order valence-electron chi connectivity index (χ1n) is 6.32. The van der Waals surface area contributed by atoms with Crippen LogP contribution < -0.4 is 10.5 Å². The molecule has 1 aliphatic heterocycles. The molecule has 0 aliphatic carbocycles. The van der Waals surface area contributed by atoms with Crippen LogP contribution in [0.3, 0.4) is 0 Å². The van der Waals surface area contributed by atoms with Crippen molar-refractivity contribution >= 4 is 17.4 Å². The van der Waals surface area contributed by atoms with E-state index < -0.39 is 0 Å². The van der Waals surface area contributed by atoms with Gasteiger partial charge in [-0.15, -0.1) is 0 Å². The zero-order valence-electron chi connectivity index (χ0n) is 10.3. The van der Waals surface area contributed by atoms with E-state index in [1.807, 2.05) is 18.2 Å². The van der Waals surface area contributed by atoms with E-state index in [0.717, 1.165) is 19.4 Å². The third kappa shape index (κ3) is 2.24. The lowest BCUT2D eigenvalue weighted by atomic mass is 10.0. The average molecular weight is 276 g/mol. The molecule has 0 spiro atoms. The zero-order chi connectivity index (χ0) is 13.2. The highest BCUT2D eigenvalue weighted by Gasteiger charge is 2.28. The Labute approximate surface area is 116 Å². The van der Waals surface area contributed by atoms with Gasteiger partial charge in [0.15, 0.2) is 5.82 Å². The molecule has 1 aromatic heterocycles. The number of benzene rings is 1. The van der Waals surface area contributed by atoms with Crippen LogP contribution in [0, 0.1) is 0 Å². The summed E-state index contributed by atoms with van der Waals surface area (Å²) in [6, 6.07) is 10.5. The van der Waals surface area contributed by atoms with Crippen LogP contribution in [0.2, 0.25) is 5.02 Å². The van der Waals surface area contributed by atoms with Crippen molar-refractivity contribution in [2.75, 3.05) is 11.4 Å². The first kappa shape index (κ1) is 12.2. The molecule has 19 heavy (non-hydrogen) atoms. The van der Waals surface area contributed by atoms with Crippen LogP contribution >= 0.6 is 11.6 Å². The fourth-order valence-electron chi connectivity index (χ4n) is 2.62. The highest BCUT2D eigenvalue weighted by Crippen LogP contribution is 2.36. The Morgan fingerprint density at radius 3 is 2.89 bits per heavy atom. The number of aromatic nitrogens is 2. The summed E-state index contributed by atoms with van der Waals surface area (Å²) in [5.41, 5.74) is 0.948. The Morgan fingerprint density at radius 1 is 1.32 bits per heavy atom. The van der Waals surface area contributed by atoms with Gasteiger partial charge in [-0.1, -0.05) is 41.9 Å². The second-order valence-electron chi connectivity index (χ2n) is 4.63. The number of hydrogen-bond acceptors (Lipinski definition) is 3. The van der Waals surface area contributed by atoms with Gasteiger partial charge in [0.2, 0.25) is 0 Å². The number of rotatable bonds is 2. The van der Waals surface area contributed by atoms with Crippen molar-refractivity contribution in [2.24, 2.45) is 0 Å². The Morgan fingerprint density at radius 2 is 2.11 bits per heavy atom. The molecular weight excluding hydrogens is 262 g/mol. The normalized spacial score (nSPS) is 18.8. The van der Waals surface area contributed by atoms with Crippen molar-refractivity contribution in [3.8, 4) is 0 Å². The van der Waals surface area contributed by atoms with Gasteiger partial charge in [0, 0.05) is 6.54 Å². The van der Waals surface area contributed by atoms with Crippen molar-refractivity contribution in [2.45, 2.75) is 18.9 Å². The summed E-state index contributed by atoms with van der Waals surface area (Å²) in [6.07, 6.45) is 3.53. The number of anilines is 1. The molecule has 5 heteroatoms. The van der Waals surface area contributed by atoms with Crippen molar-refractivity contribution in [3.63, 3.8) is 0 Å². The van der Waals surface area contributed by atoms with Gasteiger partial charge in [0.05, 0.1) is 12.4 Å². The van der Waals surface area contributed by atoms with Crippen LogP contribution in [0.4, 0.5) is 5.82 Å². The van der Waals surface area contributed by atoms with Crippen LogP contribution in [0.15, 0.2) is 41.5 Å². The molecular formula is C14H14ClN3O. The molecule has 0 bridgehead atoms. The highest BCUT2D eigenvalue weighted by atomic mass is 35.5. The molecule has 1 fully saturated rings. The van der Waals surface area contributed by atoms with Crippen LogP contribution in [-0.2, 0) is 0 Å². The number of nitrogens with one attached hydrogen (secondary N) is 1. The number of nitrogens with zero attached hydrogens (tertiary/aromatic N) is 2. The molecule has 2 aromatic rings. The van der Waals surface area contributed by atoms with Gasteiger partial charge >= 0.3 is 0 Å². The van der Waals surface area contributed by atoms with Crippen molar-refractivity contribution < 1.29 is 0 Å². The topological polar surface area (TPSA) is 49.0 Å². The average Bonchev–Trinajstić information content (AvgIpc) is 2.92. The minimum Gasteiger partial charge on any atom is -0.348 e. The van der Waals surface area contributed by atoms with E-state index in [-0.39, 0.29) is 16.6 Å². The Hall–Kier alpha value is -1.81. The number of halogens is 1. The van der Waals surface area contributed by atoms with Crippen molar-refractivity contribution in [1.29, 1.82) is 0 Å². The fourth-order valence-corrected chi connectivity index (χ4v) is 2.83. The van der Waals surface area contributed by atoms with Gasteiger partial charge in [-0.3, -0.25) is 4.79 Å². The van der Waals surface area contributed by atoms with Gasteiger partial charge in [-0.05, 0) is 18.4 Å². The first-order chi connectivity index (χ1) is 9.27. The molecule has 2 heterocycles. The van der Waals surface area contributed by atoms with Crippen molar-refractivity contribution in [3.05, 3.63) is 57.6 Å². The molecule has 1 unspecified atom stereocenters. The minimum atomic E-state index is -0.287. The standard InChI is InChI=1S/C14H14ClN3O/c15-12-13(16-9-17-14(12)19)18-8-4-7-11(18)10-5-2-1-3-6-10/h1-3,5-6,9,11H,4,7-8H2,(H,16,17,19). The van der Waals surface area contributed by atoms with E-state index in [1.165, 1.54) is 11.9 Å². The van der Waals surface area contributed by atoms with Crippen LogP contribution in [0.25, 0.3) is 0 Å². The molecule has 0 amide bonds. The quantitative estimate of drug-likeness (QED) is 0.917. The van der Waals surface area contributed by atoms with Crippen molar-refractivity contribution in [1.82, 2.24) is 9.97 Å². The van der Waals surface area contributed by atoms with Gasteiger partial charge in [0.25, 0.3) is 5.56 Å². The van der Waals surface area contributed by atoms with E-state index in [2.05, 4.69) is 27.0 Å². The third-order valence-electron chi connectivity index (χ3n) is 3.49. The maximum atomic E-state index is 11.6. The second-order valence-corrected chi connectivity index (χ2v) is 5.01. The van der Waals surface area contributed by atoms with Crippen LogP contribution in [-0.4, -0.2) is 16.5 Å². The molecule has 3 rings (SSSR count). The third-order valence-corrected chi connectivity index (χ3v) is 3.83. The van der Waals surface area contributed by atoms with E-state index >= 15 is 0 Å². The summed E-state index contributed by atoms with van der Waals surface area (Å²) >= 11 is 6.08. The maximum absolute atomic E-state index is 11.6. The number of H-pyrrole nitrogens is 1. The van der Waals surface area contributed by atoms with E-state index in [1.54, 1.807) is 0 Å². The predicted octanol–water partition coefficient (Wildman–Crippen LogP) is 2.76. The van der Waals surface area contributed by atoms with E-state index in [9.17, 15) is 4.79 Å². The van der Waals surface area contributed by atoms with E-state index in [4.69, 9.17) is 11.6 Å². The molecule has 0 radical (unpaired) electrons. The second kappa shape index (κ2) is 5.05. The Bertz CT molecular complexity index is 626. The van der Waals surface area contributed by atoms with Crippen LogP contribution in [0.1, 0.15) is 24.4 Å². The summed E-state index contributed by atoms with van der Waals surface area (Å²) < 4.78 is 0. The smallest absolute Gasteiger partial charge is 0.271 e. The lowest BCUT2D eigenvalue weighted by molar-refractivity contribution is 0.710. The molecule has 98 valence electrons. The lowest BCUT2D eigenvalue weighted by Gasteiger charge is -2.26. The molecule has 0 saturated carbocycles. The van der Waals surface area contributed by atoms with Crippen LogP contribution in [0.5, 0.6) is 0 Å². The minimum absolute atomic E-state index is 0.172.